The fourth-order valence-corrected chi connectivity index (χ4v) is 1.88. The molecule has 0 spiro atoms. The predicted molar refractivity (Wildman–Crippen MR) is 71.2 cm³/mol. The lowest BCUT2D eigenvalue weighted by molar-refractivity contribution is 0.555. The van der Waals surface area contributed by atoms with Crippen LogP contribution in [-0.2, 0) is 0 Å². The molecule has 0 fully saturated rings. The molecular weight excluding hydrogens is 196 g/mol. The maximum atomic E-state index is 6.12. The van der Waals surface area contributed by atoms with Crippen molar-refractivity contribution in [2.24, 2.45) is 5.73 Å². The van der Waals surface area contributed by atoms with E-state index in [1.165, 1.54) is 37.7 Å². The summed E-state index contributed by atoms with van der Waals surface area (Å²) >= 11 is 0. The summed E-state index contributed by atoms with van der Waals surface area (Å²) in [6.45, 7) is 2.24. The highest BCUT2D eigenvalue weighted by Crippen LogP contribution is 2.18. The van der Waals surface area contributed by atoms with Crippen LogP contribution in [0.5, 0.6) is 0 Å². The largest absolute Gasteiger partial charge is 0.399 e. The van der Waals surface area contributed by atoms with Crippen molar-refractivity contribution in [2.75, 3.05) is 5.73 Å². The van der Waals surface area contributed by atoms with Crippen LogP contribution in [0.1, 0.15) is 57.1 Å². The van der Waals surface area contributed by atoms with Crippen molar-refractivity contribution in [3.8, 4) is 0 Å². The van der Waals surface area contributed by atoms with Crippen LogP contribution in [0.15, 0.2) is 24.3 Å². The van der Waals surface area contributed by atoms with E-state index in [0.29, 0.717) is 0 Å². The van der Waals surface area contributed by atoms with Gasteiger partial charge in [0.05, 0.1) is 0 Å². The number of hydrogen-bond acceptors (Lipinski definition) is 2. The van der Waals surface area contributed by atoms with E-state index >= 15 is 0 Å². The molecule has 0 aliphatic rings. The highest BCUT2D eigenvalue weighted by molar-refractivity contribution is 5.40. The first-order chi connectivity index (χ1) is 7.74. The van der Waals surface area contributed by atoms with Gasteiger partial charge in [-0.05, 0) is 24.1 Å². The van der Waals surface area contributed by atoms with Crippen LogP contribution in [0.4, 0.5) is 5.69 Å². The van der Waals surface area contributed by atoms with Crippen LogP contribution in [0.25, 0.3) is 0 Å². The zero-order chi connectivity index (χ0) is 11.8. The molecule has 0 bridgehead atoms. The first kappa shape index (κ1) is 13.0. The van der Waals surface area contributed by atoms with Crippen molar-refractivity contribution < 1.29 is 0 Å². The highest BCUT2D eigenvalue weighted by Gasteiger charge is 2.04. The van der Waals surface area contributed by atoms with Gasteiger partial charge in [-0.25, -0.2) is 0 Å². The molecule has 1 unspecified atom stereocenters. The molecule has 4 N–H and O–H groups in total. The van der Waals surface area contributed by atoms with Crippen molar-refractivity contribution in [3.63, 3.8) is 0 Å². The third-order valence-electron chi connectivity index (χ3n) is 2.98. The van der Waals surface area contributed by atoms with Crippen molar-refractivity contribution in [1.82, 2.24) is 0 Å². The Morgan fingerprint density at radius 1 is 1.00 bits per heavy atom. The van der Waals surface area contributed by atoms with Crippen LogP contribution in [-0.4, -0.2) is 0 Å². The lowest BCUT2D eigenvalue weighted by Crippen LogP contribution is -2.10. The molecule has 0 saturated carbocycles. The Kier molecular flexibility index (Phi) is 5.94. The molecule has 2 nitrogen and oxygen atoms in total. The first-order valence-electron chi connectivity index (χ1n) is 6.35. The van der Waals surface area contributed by atoms with Crippen LogP contribution < -0.4 is 11.5 Å². The van der Waals surface area contributed by atoms with E-state index in [0.717, 1.165) is 12.1 Å². The number of unbranched alkanes of at least 4 members (excludes halogenated alkanes) is 4. The maximum Gasteiger partial charge on any atom is 0.0314 e. The summed E-state index contributed by atoms with van der Waals surface area (Å²) in [7, 11) is 0. The summed E-state index contributed by atoms with van der Waals surface area (Å²) < 4.78 is 0. The van der Waals surface area contributed by atoms with Gasteiger partial charge in [0.1, 0.15) is 0 Å². The van der Waals surface area contributed by atoms with Crippen molar-refractivity contribution >= 4 is 5.69 Å². The molecule has 0 heterocycles. The number of hydrogen-bond donors (Lipinski definition) is 2. The molecule has 0 saturated heterocycles. The normalized spacial score (nSPS) is 12.6. The molecule has 0 aromatic heterocycles. The van der Waals surface area contributed by atoms with E-state index in [2.05, 4.69) is 6.92 Å². The summed E-state index contributed by atoms with van der Waals surface area (Å²) in [6.07, 6.45) is 7.59. The Balaban J connectivity index is 2.24. The summed E-state index contributed by atoms with van der Waals surface area (Å²) in [4.78, 5) is 0. The van der Waals surface area contributed by atoms with Gasteiger partial charge in [0, 0.05) is 11.7 Å². The second kappa shape index (κ2) is 7.29. The van der Waals surface area contributed by atoms with Gasteiger partial charge in [-0.3, -0.25) is 0 Å². The number of benzene rings is 1. The molecular formula is C14H24N2. The Labute approximate surface area is 99.0 Å². The minimum absolute atomic E-state index is 0.169. The summed E-state index contributed by atoms with van der Waals surface area (Å²) in [5.41, 5.74) is 13.8. The van der Waals surface area contributed by atoms with E-state index in [9.17, 15) is 0 Å². The van der Waals surface area contributed by atoms with Gasteiger partial charge in [-0.2, -0.15) is 0 Å². The fraction of sp³-hybridized carbons (Fsp3) is 0.571. The third-order valence-corrected chi connectivity index (χ3v) is 2.98. The van der Waals surface area contributed by atoms with Gasteiger partial charge in [0.25, 0.3) is 0 Å². The van der Waals surface area contributed by atoms with E-state index < -0.39 is 0 Å². The van der Waals surface area contributed by atoms with Gasteiger partial charge in [0.15, 0.2) is 0 Å². The van der Waals surface area contributed by atoms with E-state index in [1.807, 2.05) is 24.3 Å². The number of rotatable bonds is 7. The molecule has 1 aromatic rings. The minimum Gasteiger partial charge on any atom is -0.399 e. The van der Waals surface area contributed by atoms with Gasteiger partial charge >= 0.3 is 0 Å². The summed E-state index contributed by atoms with van der Waals surface area (Å²) in [6, 6.07) is 8.08. The standard InChI is InChI=1S/C14H24N2/c1-2-3-4-5-6-7-14(16)12-8-10-13(15)11-9-12/h8-11,14H,2-7,15-16H2,1H3. The monoisotopic (exact) mass is 220 g/mol. The molecule has 90 valence electrons. The molecule has 16 heavy (non-hydrogen) atoms. The molecule has 1 aromatic carbocycles. The second-order valence-corrected chi connectivity index (χ2v) is 4.48. The minimum atomic E-state index is 0.169. The molecule has 0 amide bonds. The topological polar surface area (TPSA) is 52.0 Å². The van der Waals surface area contributed by atoms with Crippen molar-refractivity contribution in [1.29, 1.82) is 0 Å². The smallest absolute Gasteiger partial charge is 0.0314 e. The average molecular weight is 220 g/mol. The predicted octanol–water partition coefficient (Wildman–Crippen LogP) is 3.63. The van der Waals surface area contributed by atoms with E-state index in [4.69, 9.17) is 11.5 Å². The first-order valence-corrected chi connectivity index (χ1v) is 6.35. The van der Waals surface area contributed by atoms with Crippen LogP contribution >= 0.6 is 0 Å². The number of nitrogens with two attached hydrogens (primary N) is 2. The van der Waals surface area contributed by atoms with Crippen molar-refractivity contribution in [2.45, 2.75) is 51.5 Å². The van der Waals surface area contributed by atoms with E-state index in [1.54, 1.807) is 0 Å². The van der Waals surface area contributed by atoms with Gasteiger partial charge < -0.3 is 11.5 Å². The fourth-order valence-electron chi connectivity index (χ4n) is 1.88. The summed E-state index contributed by atoms with van der Waals surface area (Å²) in [5, 5.41) is 0. The molecule has 2 heteroatoms. The number of nitrogen functional groups attached to an aromatic ring is 1. The lowest BCUT2D eigenvalue weighted by Gasteiger charge is -2.11. The van der Waals surface area contributed by atoms with Crippen LogP contribution in [0.2, 0.25) is 0 Å². The highest BCUT2D eigenvalue weighted by atomic mass is 14.6. The second-order valence-electron chi connectivity index (χ2n) is 4.48. The van der Waals surface area contributed by atoms with Gasteiger partial charge in [-0.15, -0.1) is 0 Å². The zero-order valence-corrected chi connectivity index (χ0v) is 10.3. The Bertz CT molecular complexity index is 279. The maximum absolute atomic E-state index is 6.12. The lowest BCUT2D eigenvalue weighted by atomic mass is 10.0. The SMILES string of the molecule is CCCCCCCC(N)c1ccc(N)cc1. The van der Waals surface area contributed by atoms with Gasteiger partial charge in [-0.1, -0.05) is 51.2 Å². The zero-order valence-electron chi connectivity index (χ0n) is 10.3. The van der Waals surface area contributed by atoms with Crippen LogP contribution in [0.3, 0.4) is 0 Å². The Hall–Kier alpha value is -1.02. The average Bonchev–Trinajstić information content (AvgIpc) is 2.29. The summed E-state index contributed by atoms with van der Waals surface area (Å²) in [5.74, 6) is 0. The molecule has 0 aliphatic carbocycles. The molecule has 1 rings (SSSR count). The Morgan fingerprint density at radius 3 is 2.25 bits per heavy atom. The molecule has 1 atom stereocenters. The Morgan fingerprint density at radius 2 is 1.62 bits per heavy atom. The molecule has 0 radical (unpaired) electrons. The third kappa shape index (κ3) is 4.67. The van der Waals surface area contributed by atoms with Crippen molar-refractivity contribution in [3.05, 3.63) is 29.8 Å². The molecule has 0 aliphatic heterocycles. The quantitative estimate of drug-likeness (QED) is 0.544. The van der Waals surface area contributed by atoms with Crippen LogP contribution in [0, 0.1) is 0 Å². The number of anilines is 1. The van der Waals surface area contributed by atoms with E-state index in [-0.39, 0.29) is 6.04 Å². The van der Waals surface area contributed by atoms with Gasteiger partial charge in [0.2, 0.25) is 0 Å².